The third-order valence-corrected chi connectivity index (χ3v) is 4.24. The van der Waals surface area contributed by atoms with Gasteiger partial charge in [-0.15, -0.1) is 0 Å². The minimum absolute atomic E-state index is 0.631. The van der Waals surface area contributed by atoms with Gasteiger partial charge in [-0.1, -0.05) is 12.1 Å². The van der Waals surface area contributed by atoms with E-state index in [-0.39, 0.29) is 0 Å². The van der Waals surface area contributed by atoms with E-state index in [0.29, 0.717) is 18.7 Å². The van der Waals surface area contributed by atoms with Gasteiger partial charge in [-0.3, -0.25) is 9.88 Å². The number of pyridine rings is 2. The van der Waals surface area contributed by atoms with Crippen LogP contribution in [-0.2, 0) is 12.1 Å². The number of piperidine rings is 1. The van der Waals surface area contributed by atoms with Gasteiger partial charge >= 0.3 is 0 Å². The molecule has 1 aliphatic heterocycles. The molecule has 2 aromatic heterocycles. The Hall–Kier alpha value is -1.98. The molecule has 0 bridgehead atoms. The summed E-state index contributed by atoms with van der Waals surface area (Å²) in [5, 5.41) is 10.8. The van der Waals surface area contributed by atoms with E-state index in [9.17, 15) is 5.11 Å². The summed E-state index contributed by atoms with van der Waals surface area (Å²) < 4.78 is 5.07. The molecule has 2 aromatic rings. The third-order valence-electron chi connectivity index (χ3n) is 4.24. The molecular weight excluding hydrogens is 278 g/mol. The lowest BCUT2D eigenvalue weighted by molar-refractivity contribution is -0.0311. The molecule has 1 aliphatic rings. The number of aliphatic hydroxyl groups is 1. The summed E-state index contributed by atoms with van der Waals surface area (Å²) in [6, 6.07) is 9.62. The minimum atomic E-state index is -0.796. The van der Waals surface area contributed by atoms with E-state index >= 15 is 0 Å². The number of nitrogens with zero attached hydrogens (tertiary/aromatic N) is 3. The zero-order chi connectivity index (χ0) is 15.4. The van der Waals surface area contributed by atoms with Crippen LogP contribution in [0.4, 0.5) is 0 Å². The van der Waals surface area contributed by atoms with Crippen molar-refractivity contribution >= 4 is 0 Å². The summed E-state index contributed by atoms with van der Waals surface area (Å²) in [5.74, 6) is 0.631. The number of hydrogen-bond donors (Lipinski definition) is 1. The first-order chi connectivity index (χ1) is 10.7. The number of ether oxygens (including phenoxy) is 1. The van der Waals surface area contributed by atoms with Crippen LogP contribution in [0.2, 0.25) is 0 Å². The van der Waals surface area contributed by atoms with Crippen molar-refractivity contribution in [2.75, 3.05) is 20.2 Å². The number of rotatable bonds is 4. The molecular formula is C17H21N3O2. The second kappa shape index (κ2) is 6.42. The average molecular weight is 299 g/mol. The predicted molar refractivity (Wildman–Crippen MR) is 83.4 cm³/mol. The fraction of sp³-hybridized carbons (Fsp3) is 0.412. The van der Waals surface area contributed by atoms with Crippen molar-refractivity contribution in [1.82, 2.24) is 14.9 Å². The summed E-state index contributed by atoms with van der Waals surface area (Å²) >= 11 is 0. The van der Waals surface area contributed by atoms with Gasteiger partial charge in [-0.05, 0) is 30.5 Å². The van der Waals surface area contributed by atoms with Crippen LogP contribution in [0.3, 0.4) is 0 Å². The van der Waals surface area contributed by atoms with E-state index in [0.717, 1.165) is 30.9 Å². The molecule has 1 N–H and O–H groups in total. The molecule has 22 heavy (non-hydrogen) atoms. The molecule has 0 aliphatic carbocycles. The number of hydrogen-bond acceptors (Lipinski definition) is 5. The van der Waals surface area contributed by atoms with Crippen molar-refractivity contribution in [3.8, 4) is 5.88 Å². The highest BCUT2D eigenvalue weighted by molar-refractivity contribution is 5.18. The van der Waals surface area contributed by atoms with Crippen molar-refractivity contribution in [2.45, 2.75) is 25.0 Å². The highest BCUT2D eigenvalue weighted by atomic mass is 16.5. The lowest BCUT2D eigenvalue weighted by Gasteiger charge is -2.37. The molecule has 0 atom stereocenters. The van der Waals surface area contributed by atoms with E-state index < -0.39 is 5.60 Å². The van der Waals surface area contributed by atoms with Gasteiger partial charge in [0.05, 0.1) is 12.8 Å². The first kappa shape index (κ1) is 14.9. The van der Waals surface area contributed by atoms with Crippen molar-refractivity contribution in [2.24, 2.45) is 0 Å². The van der Waals surface area contributed by atoms with Crippen molar-refractivity contribution in [3.63, 3.8) is 0 Å². The van der Waals surface area contributed by atoms with Crippen molar-refractivity contribution < 1.29 is 9.84 Å². The van der Waals surface area contributed by atoms with E-state index in [1.54, 1.807) is 13.3 Å². The SMILES string of the molecule is COc1ccc(CN2CCC(O)(c3ccccn3)CC2)cn1. The molecule has 0 unspecified atom stereocenters. The van der Waals surface area contributed by atoms with Crippen LogP contribution in [0, 0.1) is 0 Å². The van der Waals surface area contributed by atoms with E-state index in [1.807, 2.05) is 36.5 Å². The van der Waals surface area contributed by atoms with Crippen molar-refractivity contribution in [3.05, 3.63) is 54.0 Å². The van der Waals surface area contributed by atoms with Gasteiger partial charge in [0.2, 0.25) is 5.88 Å². The van der Waals surface area contributed by atoms with Gasteiger partial charge in [0, 0.05) is 38.1 Å². The Morgan fingerprint density at radius 2 is 2.00 bits per heavy atom. The fourth-order valence-corrected chi connectivity index (χ4v) is 2.86. The molecule has 0 aromatic carbocycles. The van der Waals surface area contributed by atoms with Crippen LogP contribution < -0.4 is 4.74 Å². The lowest BCUT2D eigenvalue weighted by Crippen LogP contribution is -2.42. The highest BCUT2D eigenvalue weighted by Gasteiger charge is 2.34. The van der Waals surface area contributed by atoms with Crippen LogP contribution in [0.25, 0.3) is 0 Å². The first-order valence-electron chi connectivity index (χ1n) is 7.55. The Kier molecular flexibility index (Phi) is 4.36. The molecule has 1 saturated heterocycles. The van der Waals surface area contributed by atoms with E-state index in [1.165, 1.54) is 0 Å². The van der Waals surface area contributed by atoms with Crippen LogP contribution in [-0.4, -0.2) is 40.2 Å². The lowest BCUT2D eigenvalue weighted by atomic mass is 9.87. The molecule has 116 valence electrons. The molecule has 1 fully saturated rings. The average Bonchev–Trinajstić information content (AvgIpc) is 2.59. The largest absolute Gasteiger partial charge is 0.481 e. The molecule has 0 saturated carbocycles. The normalized spacial score (nSPS) is 18.1. The minimum Gasteiger partial charge on any atom is -0.481 e. The van der Waals surface area contributed by atoms with Gasteiger partial charge in [0.25, 0.3) is 0 Å². The Morgan fingerprint density at radius 3 is 2.59 bits per heavy atom. The third kappa shape index (κ3) is 3.26. The molecule has 0 radical (unpaired) electrons. The Bertz CT molecular complexity index is 593. The predicted octanol–water partition coefficient (Wildman–Crippen LogP) is 1.97. The maximum Gasteiger partial charge on any atom is 0.212 e. The van der Waals surface area contributed by atoms with E-state index in [4.69, 9.17) is 4.74 Å². The second-order valence-corrected chi connectivity index (χ2v) is 5.73. The monoisotopic (exact) mass is 299 g/mol. The molecule has 5 nitrogen and oxygen atoms in total. The summed E-state index contributed by atoms with van der Waals surface area (Å²) in [6.07, 6.45) is 4.99. The summed E-state index contributed by atoms with van der Waals surface area (Å²) in [5.41, 5.74) is 1.14. The van der Waals surface area contributed by atoms with Crippen LogP contribution >= 0.6 is 0 Å². The molecule has 0 spiro atoms. The van der Waals surface area contributed by atoms with Crippen molar-refractivity contribution in [1.29, 1.82) is 0 Å². The molecule has 3 heterocycles. The number of aromatic nitrogens is 2. The zero-order valence-electron chi connectivity index (χ0n) is 12.8. The second-order valence-electron chi connectivity index (χ2n) is 5.73. The zero-order valence-corrected chi connectivity index (χ0v) is 12.8. The van der Waals surface area contributed by atoms with Gasteiger partial charge in [0.15, 0.2) is 0 Å². The van der Waals surface area contributed by atoms with Gasteiger partial charge in [-0.25, -0.2) is 4.98 Å². The van der Waals surface area contributed by atoms with Crippen LogP contribution in [0.5, 0.6) is 5.88 Å². The van der Waals surface area contributed by atoms with Gasteiger partial charge in [-0.2, -0.15) is 0 Å². The Balaban J connectivity index is 1.59. The fourth-order valence-electron chi connectivity index (χ4n) is 2.86. The Morgan fingerprint density at radius 1 is 1.18 bits per heavy atom. The summed E-state index contributed by atoms with van der Waals surface area (Å²) in [4.78, 5) is 10.9. The topological polar surface area (TPSA) is 58.5 Å². The molecule has 0 amide bonds. The summed E-state index contributed by atoms with van der Waals surface area (Å²) in [7, 11) is 1.62. The number of likely N-dealkylation sites (tertiary alicyclic amines) is 1. The van der Waals surface area contributed by atoms with Gasteiger partial charge < -0.3 is 9.84 Å². The Labute approximate surface area is 130 Å². The quantitative estimate of drug-likeness (QED) is 0.935. The van der Waals surface area contributed by atoms with Crippen LogP contribution in [0.15, 0.2) is 42.7 Å². The van der Waals surface area contributed by atoms with Gasteiger partial charge in [0.1, 0.15) is 5.60 Å². The number of methoxy groups -OCH3 is 1. The molecule has 5 heteroatoms. The highest BCUT2D eigenvalue weighted by Crippen LogP contribution is 2.31. The summed E-state index contributed by atoms with van der Waals surface area (Å²) in [6.45, 7) is 2.54. The smallest absolute Gasteiger partial charge is 0.212 e. The first-order valence-corrected chi connectivity index (χ1v) is 7.55. The van der Waals surface area contributed by atoms with E-state index in [2.05, 4.69) is 14.9 Å². The maximum atomic E-state index is 10.8. The van der Waals surface area contributed by atoms with Crippen LogP contribution in [0.1, 0.15) is 24.1 Å². The maximum absolute atomic E-state index is 10.8. The standard InChI is InChI=1S/C17H21N3O2/c1-22-16-6-5-14(12-19-16)13-20-10-7-17(21,8-11-20)15-4-2-3-9-18-15/h2-6,9,12,21H,7-8,10-11,13H2,1H3. The molecule has 3 rings (SSSR count).